The highest BCUT2D eigenvalue weighted by atomic mass is 16.5. The molecule has 0 amide bonds. The number of aliphatic hydroxyl groups is 2. The summed E-state index contributed by atoms with van der Waals surface area (Å²) in [6, 6.07) is 0.537. The first kappa shape index (κ1) is 21.3. The molecule has 5 heteroatoms. The van der Waals surface area contributed by atoms with Crippen LogP contribution in [0.4, 0.5) is 0 Å². The van der Waals surface area contributed by atoms with Crippen LogP contribution < -0.4 is 0 Å². The van der Waals surface area contributed by atoms with Gasteiger partial charge in [-0.2, -0.15) is 0 Å². The van der Waals surface area contributed by atoms with Crippen molar-refractivity contribution >= 4 is 5.97 Å². The molecule has 2 aliphatic heterocycles. The average Bonchev–Trinajstić information content (AvgIpc) is 3.25. The van der Waals surface area contributed by atoms with E-state index in [0.717, 1.165) is 50.9 Å². The number of nitrogens with zero attached hydrogens (tertiary/aromatic N) is 1. The molecule has 2 aliphatic carbocycles. The molecule has 2 unspecified atom stereocenters. The van der Waals surface area contributed by atoms with Crippen molar-refractivity contribution in [1.29, 1.82) is 0 Å². The number of piperidine rings is 1. The highest BCUT2D eigenvalue weighted by Crippen LogP contribution is 2.49. The normalized spacial score (nSPS) is 43.9. The molecule has 164 valence electrons. The van der Waals surface area contributed by atoms with Crippen molar-refractivity contribution in [3.8, 4) is 0 Å². The number of rotatable bonds is 5. The molecule has 0 aromatic rings. The second-order valence-electron chi connectivity index (χ2n) is 9.98. The van der Waals surface area contributed by atoms with Crippen molar-refractivity contribution in [1.82, 2.24) is 4.90 Å². The van der Waals surface area contributed by atoms with Crippen molar-refractivity contribution in [2.75, 3.05) is 7.11 Å². The second kappa shape index (κ2) is 9.07. The fourth-order valence-corrected chi connectivity index (χ4v) is 6.92. The molecule has 0 bridgehead atoms. The third kappa shape index (κ3) is 4.15. The fourth-order valence-electron chi connectivity index (χ4n) is 6.92. The lowest BCUT2D eigenvalue weighted by Crippen LogP contribution is -2.51. The van der Waals surface area contributed by atoms with Crippen LogP contribution in [0.1, 0.15) is 71.1 Å². The van der Waals surface area contributed by atoms with Crippen molar-refractivity contribution in [2.24, 2.45) is 23.7 Å². The number of hydrogen-bond donors (Lipinski definition) is 2. The van der Waals surface area contributed by atoms with Gasteiger partial charge in [0.2, 0.25) is 0 Å². The van der Waals surface area contributed by atoms with E-state index in [1.807, 2.05) is 6.08 Å². The lowest BCUT2D eigenvalue weighted by molar-refractivity contribution is -0.150. The summed E-state index contributed by atoms with van der Waals surface area (Å²) in [5, 5.41) is 21.5. The Kier molecular flexibility index (Phi) is 6.67. The first-order chi connectivity index (χ1) is 14.0. The molecule has 5 nitrogen and oxygen atoms in total. The predicted octanol–water partition coefficient (Wildman–Crippen LogP) is 3.29. The molecular weight excluding hydrogens is 366 g/mol. The summed E-state index contributed by atoms with van der Waals surface area (Å²) in [6.07, 6.45) is 14.1. The van der Waals surface area contributed by atoms with Crippen LogP contribution in [0.5, 0.6) is 0 Å². The second-order valence-corrected chi connectivity index (χ2v) is 9.98. The standard InChI is InChI=1S/C24H39NO4/c1-3-15-7-9-16(10-8-15)22(26)12-11-18-19-13-17-5-4-6-20(24(28)29-2)25(17)21(19)14-23(18)27/h11-12,15-23,26-27H,3-10,13-14H2,1-2H3/b12-11+/t15?,16?,17?,18-,19-,20?,21-,22+,23-/m1/s1. The number of hydrogen-bond acceptors (Lipinski definition) is 5. The Balaban J connectivity index is 1.41. The molecule has 2 heterocycles. The summed E-state index contributed by atoms with van der Waals surface area (Å²) in [4.78, 5) is 14.7. The quantitative estimate of drug-likeness (QED) is 0.543. The zero-order chi connectivity index (χ0) is 20.5. The molecule has 4 fully saturated rings. The molecule has 0 aromatic heterocycles. The van der Waals surface area contributed by atoms with Crippen LogP contribution in [0.25, 0.3) is 0 Å². The van der Waals surface area contributed by atoms with Crippen LogP contribution in [0.15, 0.2) is 12.2 Å². The van der Waals surface area contributed by atoms with Crippen LogP contribution in [0, 0.1) is 23.7 Å². The Morgan fingerprint density at radius 1 is 1.17 bits per heavy atom. The zero-order valence-corrected chi connectivity index (χ0v) is 18.1. The van der Waals surface area contributed by atoms with Gasteiger partial charge in [0.15, 0.2) is 0 Å². The van der Waals surface area contributed by atoms with Gasteiger partial charge in [-0.15, -0.1) is 0 Å². The largest absolute Gasteiger partial charge is 0.468 e. The number of carbonyl (C=O) groups is 1. The third-order valence-electron chi connectivity index (χ3n) is 8.60. The minimum Gasteiger partial charge on any atom is -0.468 e. The monoisotopic (exact) mass is 405 g/mol. The van der Waals surface area contributed by atoms with E-state index in [4.69, 9.17) is 4.74 Å². The van der Waals surface area contributed by atoms with Gasteiger partial charge < -0.3 is 14.9 Å². The Hall–Kier alpha value is -0.910. The number of fused-ring (bicyclic) bond motifs is 3. The molecule has 4 aliphatic rings. The topological polar surface area (TPSA) is 70.0 Å². The van der Waals surface area contributed by atoms with Crippen molar-refractivity contribution < 1.29 is 19.7 Å². The van der Waals surface area contributed by atoms with Gasteiger partial charge >= 0.3 is 5.97 Å². The van der Waals surface area contributed by atoms with Gasteiger partial charge in [-0.25, -0.2) is 0 Å². The van der Waals surface area contributed by atoms with E-state index in [2.05, 4.69) is 17.9 Å². The molecule has 0 aromatic carbocycles. The Morgan fingerprint density at radius 3 is 2.62 bits per heavy atom. The molecule has 4 rings (SSSR count). The Morgan fingerprint density at radius 2 is 1.93 bits per heavy atom. The highest BCUT2D eigenvalue weighted by Gasteiger charge is 2.55. The van der Waals surface area contributed by atoms with Crippen molar-refractivity contribution in [2.45, 2.75) is 101 Å². The van der Waals surface area contributed by atoms with E-state index in [1.54, 1.807) is 0 Å². The highest BCUT2D eigenvalue weighted by molar-refractivity contribution is 5.76. The number of carbonyl (C=O) groups excluding carboxylic acids is 1. The van der Waals surface area contributed by atoms with Gasteiger partial charge in [0.1, 0.15) is 6.04 Å². The van der Waals surface area contributed by atoms with Crippen molar-refractivity contribution in [3.05, 3.63) is 12.2 Å². The summed E-state index contributed by atoms with van der Waals surface area (Å²) in [5.41, 5.74) is 0. The lowest BCUT2D eigenvalue weighted by atomic mass is 9.78. The molecule has 2 saturated carbocycles. The smallest absolute Gasteiger partial charge is 0.323 e. The SMILES string of the molecule is CCC1CCC([C@@H](O)/C=C/[C@@H]2[C@H]3CC4CCCC(C(=O)OC)N4[C@@H]3C[C@H]2O)CC1. The van der Waals surface area contributed by atoms with E-state index in [-0.39, 0.29) is 30.1 Å². The first-order valence-corrected chi connectivity index (χ1v) is 11.9. The molecule has 7 atom stereocenters. The number of esters is 1. The Labute approximate surface area is 175 Å². The predicted molar refractivity (Wildman–Crippen MR) is 112 cm³/mol. The van der Waals surface area contributed by atoms with E-state index in [0.29, 0.717) is 17.9 Å². The maximum absolute atomic E-state index is 12.3. The van der Waals surface area contributed by atoms with Gasteiger partial charge in [0, 0.05) is 18.0 Å². The summed E-state index contributed by atoms with van der Waals surface area (Å²) >= 11 is 0. The number of aliphatic hydroxyl groups excluding tert-OH is 2. The molecule has 0 spiro atoms. The molecular formula is C24H39NO4. The Bertz CT molecular complexity index is 600. The van der Waals surface area contributed by atoms with Gasteiger partial charge in [-0.1, -0.05) is 38.3 Å². The maximum atomic E-state index is 12.3. The number of methoxy groups -OCH3 is 1. The van der Waals surface area contributed by atoms with Gasteiger partial charge in [0.05, 0.1) is 19.3 Å². The van der Waals surface area contributed by atoms with E-state index < -0.39 is 6.10 Å². The van der Waals surface area contributed by atoms with Gasteiger partial charge in [-0.05, 0) is 62.7 Å². The fraction of sp³-hybridized carbons (Fsp3) is 0.875. The van der Waals surface area contributed by atoms with Crippen LogP contribution in [0.2, 0.25) is 0 Å². The molecule has 0 radical (unpaired) electrons. The molecule has 29 heavy (non-hydrogen) atoms. The lowest BCUT2D eigenvalue weighted by Gasteiger charge is -2.39. The maximum Gasteiger partial charge on any atom is 0.323 e. The number of ether oxygens (including phenoxy) is 1. The summed E-state index contributed by atoms with van der Waals surface area (Å²) in [7, 11) is 1.48. The molecule has 2 N–H and O–H groups in total. The third-order valence-corrected chi connectivity index (χ3v) is 8.60. The van der Waals surface area contributed by atoms with Gasteiger partial charge in [0.25, 0.3) is 0 Å². The molecule has 2 saturated heterocycles. The van der Waals surface area contributed by atoms with Crippen LogP contribution in [-0.2, 0) is 9.53 Å². The van der Waals surface area contributed by atoms with E-state index >= 15 is 0 Å². The van der Waals surface area contributed by atoms with Gasteiger partial charge in [-0.3, -0.25) is 9.69 Å². The van der Waals surface area contributed by atoms with E-state index in [1.165, 1.54) is 26.4 Å². The minimum atomic E-state index is -0.397. The van der Waals surface area contributed by atoms with Crippen LogP contribution in [-0.4, -0.2) is 58.5 Å². The van der Waals surface area contributed by atoms with Crippen LogP contribution >= 0.6 is 0 Å². The van der Waals surface area contributed by atoms with Crippen LogP contribution in [0.3, 0.4) is 0 Å². The zero-order valence-electron chi connectivity index (χ0n) is 18.1. The summed E-state index contributed by atoms with van der Waals surface area (Å²) < 4.78 is 5.07. The van der Waals surface area contributed by atoms with E-state index in [9.17, 15) is 15.0 Å². The summed E-state index contributed by atoms with van der Waals surface area (Å²) in [5.74, 6) is 1.53. The van der Waals surface area contributed by atoms with Crippen molar-refractivity contribution in [3.63, 3.8) is 0 Å². The average molecular weight is 406 g/mol. The first-order valence-electron chi connectivity index (χ1n) is 11.9. The summed E-state index contributed by atoms with van der Waals surface area (Å²) in [6.45, 7) is 2.26. The minimum absolute atomic E-state index is 0.0885.